The quantitative estimate of drug-likeness (QED) is 0.602. The highest BCUT2D eigenvalue weighted by molar-refractivity contribution is 4.66. The fourth-order valence-electron chi connectivity index (χ4n) is 1.45. The molecule has 0 radical (unpaired) electrons. The SMILES string of the molecule is CC(C)CC(O)CNCC(O)COC(C)(C)C. The third-order valence-electron chi connectivity index (χ3n) is 2.21. The summed E-state index contributed by atoms with van der Waals surface area (Å²) in [4.78, 5) is 0. The van der Waals surface area contributed by atoms with Crippen LogP contribution in [0.3, 0.4) is 0 Å². The molecule has 4 heteroatoms. The van der Waals surface area contributed by atoms with Crippen molar-refractivity contribution in [3.63, 3.8) is 0 Å². The molecule has 0 aliphatic rings. The van der Waals surface area contributed by atoms with Gasteiger partial charge in [0.05, 0.1) is 24.4 Å². The standard InChI is InChI=1S/C13H29NO3/c1-10(2)6-11(15)7-14-8-12(16)9-17-13(3,4)5/h10-12,14-16H,6-9H2,1-5H3. The third kappa shape index (κ3) is 12.1. The molecule has 0 spiro atoms. The molecule has 0 saturated heterocycles. The predicted molar refractivity (Wildman–Crippen MR) is 70.0 cm³/mol. The number of ether oxygens (including phenoxy) is 1. The van der Waals surface area contributed by atoms with Gasteiger partial charge >= 0.3 is 0 Å². The van der Waals surface area contributed by atoms with Gasteiger partial charge in [-0.15, -0.1) is 0 Å². The van der Waals surface area contributed by atoms with Crippen molar-refractivity contribution in [2.24, 2.45) is 5.92 Å². The second-order valence-corrected chi connectivity index (χ2v) is 6.02. The molecule has 0 aliphatic heterocycles. The summed E-state index contributed by atoms with van der Waals surface area (Å²) in [5.41, 5.74) is -0.224. The molecule has 0 aromatic heterocycles. The Labute approximate surface area is 105 Å². The van der Waals surface area contributed by atoms with Gasteiger partial charge in [0.1, 0.15) is 0 Å². The molecule has 0 fully saturated rings. The van der Waals surface area contributed by atoms with E-state index in [1.54, 1.807) is 0 Å². The van der Waals surface area contributed by atoms with Gasteiger partial charge in [0, 0.05) is 13.1 Å². The van der Waals surface area contributed by atoms with Gasteiger partial charge < -0.3 is 20.3 Å². The molecule has 0 heterocycles. The molecule has 104 valence electrons. The Bertz CT molecular complexity index is 190. The number of nitrogens with one attached hydrogen (secondary N) is 1. The molecular weight excluding hydrogens is 218 g/mol. The topological polar surface area (TPSA) is 61.7 Å². The van der Waals surface area contributed by atoms with Crippen LogP contribution in [0.4, 0.5) is 0 Å². The molecule has 2 atom stereocenters. The fourth-order valence-corrected chi connectivity index (χ4v) is 1.45. The van der Waals surface area contributed by atoms with E-state index in [9.17, 15) is 10.2 Å². The lowest BCUT2D eigenvalue weighted by atomic mass is 10.1. The number of hydrogen-bond donors (Lipinski definition) is 3. The maximum atomic E-state index is 9.64. The van der Waals surface area contributed by atoms with Crippen molar-refractivity contribution in [3.05, 3.63) is 0 Å². The van der Waals surface area contributed by atoms with Gasteiger partial charge in [0.25, 0.3) is 0 Å². The van der Waals surface area contributed by atoms with Crippen LogP contribution in [0.5, 0.6) is 0 Å². The summed E-state index contributed by atoms with van der Waals surface area (Å²) in [7, 11) is 0. The van der Waals surface area contributed by atoms with Crippen molar-refractivity contribution < 1.29 is 14.9 Å². The monoisotopic (exact) mass is 247 g/mol. The van der Waals surface area contributed by atoms with Gasteiger partial charge in [-0.05, 0) is 33.1 Å². The molecule has 2 unspecified atom stereocenters. The molecule has 0 aromatic carbocycles. The Morgan fingerprint density at radius 2 is 1.59 bits per heavy atom. The first-order valence-corrected chi connectivity index (χ1v) is 6.41. The highest BCUT2D eigenvalue weighted by Crippen LogP contribution is 2.07. The summed E-state index contributed by atoms with van der Waals surface area (Å²) in [6, 6.07) is 0. The molecule has 0 aromatic rings. The van der Waals surface area contributed by atoms with Crippen molar-refractivity contribution >= 4 is 0 Å². The van der Waals surface area contributed by atoms with Crippen molar-refractivity contribution in [2.75, 3.05) is 19.7 Å². The van der Waals surface area contributed by atoms with Crippen molar-refractivity contribution in [1.82, 2.24) is 5.32 Å². The highest BCUT2D eigenvalue weighted by atomic mass is 16.5. The lowest BCUT2D eigenvalue weighted by molar-refractivity contribution is -0.0483. The normalized spacial score (nSPS) is 16.2. The highest BCUT2D eigenvalue weighted by Gasteiger charge is 2.14. The fraction of sp³-hybridized carbons (Fsp3) is 1.00. The Morgan fingerprint density at radius 1 is 1.06 bits per heavy atom. The smallest absolute Gasteiger partial charge is 0.0897 e. The summed E-state index contributed by atoms with van der Waals surface area (Å²) in [6.07, 6.45) is -0.0899. The minimum absolute atomic E-state index is 0.224. The van der Waals surface area contributed by atoms with Crippen LogP contribution in [0.25, 0.3) is 0 Å². The second-order valence-electron chi connectivity index (χ2n) is 6.02. The van der Waals surface area contributed by atoms with Crippen LogP contribution in [-0.2, 0) is 4.74 Å². The molecule has 0 rings (SSSR count). The van der Waals surface area contributed by atoms with Gasteiger partial charge in [-0.3, -0.25) is 0 Å². The van der Waals surface area contributed by atoms with Crippen LogP contribution in [0.1, 0.15) is 41.0 Å². The lowest BCUT2D eigenvalue weighted by Crippen LogP contribution is -2.37. The lowest BCUT2D eigenvalue weighted by Gasteiger charge is -2.22. The van der Waals surface area contributed by atoms with E-state index in [1.165, 1.54) is 0 Å². The Morgan fingerprint density at radius 3 is 2.06 bits per heavy atom. The van der Waals surface area contributed by atoms with E-state index in [1.807, 2.05) is 20.8 Å². The average Bonchev–Trinajstić information content (AvgIpc) is 2.12. The molecule has 0 amide bonds. The number of hydrogen-bond acceptors (Lipinski definition) is 4. The molecule has 0 bridgehead atoms. The summed E-state index contributed by atoms with van der Waals surface area (Å²) in [5.74, 6) is 0.487. The first-order valence-electron chi connectivity index (χ1n) is 6.41. The van der Waals surface area contributed by atoms with Crippen molar-refractivity contribution in [1.29, 1.82) is 0 Å². The Hall–Kier alpha value is -0.160. The maximum Gasteiger partial charge on any atom is 0.0897 e. The third-order valence-corrected chi connectivity index (χ3v) is 2.21. The number of aliphatic hydroxyl groups excluding tert-OH is 2. The minimum atomic E-state index is -0.527. The summed E-state index contributed by atoms with van der Waals surface area (Å²) in [6.45, 7) is 11.3. The molecule has 17 heavy (non-hydrogen) atoms. The van der Waals surface area contributed by atoms with E-state index in [4.69, 9.17) is 4.74 Å². The van der Waals surface area contributed by atoms with E-state index in [2.05, 4.69) is 19.2 Å². The average molecular weight is 247 g/mol. The Kier molecular flexibility index (Phi) is 7.96. The number of rotatable bonds is 8. The van der Waals surface area contributed by atoms with Gasteiger partial charge in [-0.1, -0.05) is 13.8 Å². The van der Waals surface area contributed by atoms with Crippen LogP contribution in [0, 0.1) is 5.92 Å². The zero-order chi connectivity index (χ0) is 13.5. The molecule has 3 N–H and O–H groups in total. The number of aliphatic hydroxyl groups is 2. The molecule has 0 saturated carbocycles. The first kappa shape index (κ1) is 16.8. The van der Waals surface area contributed by atoms with Crippen LogP contribution < -0.4 is 5.32 Å². The van der Waals surface area contributed by atoms with Gasteiger partial charge in [-0.25, -0.2) is 0 Å². The summed E-state index contributed by atoms with van der Waals surface area (Å²) in [5, 5.41) is 22.3. The second kappa shape index (κ2) is 8.03. The van der Waals surface area contributed by atoms with Gasteiger partial charge in [0.15, 0.2) is 0 Å². The van der Waals surface area contributed by atoms with E-state index < -0.39 is 6.10 Å². The maximum absolute atomic E-state index is 9.64. The first-order chi connectivity index (χ1) is 7.70. The van der Waals surface area contributed by atoms with Gasteiger partial charge in [0.2, 0.25) is 0 Å². The van der Waals surface area contributed by atoms with Crippen LogP contribution in [0.2, 0.25) is 0 Å². The largest absolute Gasteiger partial charge is 0.392 e. The van der Waals surface area contributed by atoms with E-state index in [-0.39, 0.29) is 11.7 Å². The molecule has 4 nitrogen and oxygen atoms in total. The molecular formula is C13H29NO3. The minimum Gasteiger partial charge on any atom is -0.392 e. The van der Waals surface area contributed by atoms with Crippen LogP contribution in [0.15, 0.2) is 0 Å². The van der Waals surface area contributed by atoms with Crippen molar-refractivity contribution in [3.8, 4) is 0 Å². The summed E-state index contributed by atoms with van der Waals surface area (Å²) < 4.78 is 5.46. The summed E-state index contributed by atoms with van der Waals surface area (Å²) >= 11 is 0. The van der Waals surface area contributed by atoms with Crippen LogP contribution in [-0.4, -0.2) is 47.7 Å². The van der Waals surface area contributed by atoms with E-state index in [0.717, 1.165) is 6.42 Å². The zero-order valence-electron chi connectivity index (χ0n) is 11.9. The molecule has 0 aliphatic carbocycles. The van der Waals surface area contributed by atoms with Gasteiger partial charge in [-0.2, -0.15) is 0 Å². The van der Waals surface area contributed by atoms with E-state index in [0.29, 0.717) is 25.6 Å². The predicted octanol–water partition coefficient (Wildman–Crippen LogP) is 1.16. The Balaban J connectivity index is 3.54. The zero-order valence-corrected chi connectivity index (χ0v) is 11.9. The van der Waals surface area contributed by atoms with Crippen LogP contribution >= 0.6 is 0 Å². The van der Waals surface area contributed by atoms with E-state index >= 15 is 0 Å². The van der Waals surface area contributed by atoms with Crippen molar-refractivity contribution in [2.45, 2.75) is 58.8 Å².